The first-order valence-corrected chi connectivity index (χ1v) is 21.6. The maximum atomic E-state index is 13.9. The molecular formula is C44H52I2N4O4. The van der Waals surface area contributed by atoms with Crippen LogP contribution in [0, 0.1) is 7.40 Å². The summed E-state index contributed by atoms with van der Waals surface area (Å²) >= 11 is 4.47. The van der Waals surface area contributed by atoms with Crippen LogP contribution in [-0.2, 0) is 51.4 Å². The van der Waals surface area contributed by atoms with E-state index in [1.54, 1.807) is 0 Å². The van der Waals surface area contributed by atoms with Crippen LogP contribution < -0.4 is 0 Å². The van der Waals surface area contributed by atoms with E-state index in [1.165, 1.54) is 0 Å². The minimum Gasteiger partial charge on any atom is -0.352 e. The number of aromatic amines is 4. The Balaban J connectivity index is 1.49. The fourth-order valence-corrected chi connectivity index (χ4v) is 10.2. The molecule has 0 radical (unpaired) electrons. The van der Waals surface area contributed by atoms with Crippen LogP contribution >= 0.6 is 45.2 Å². The van der Waals surface area contributed by atoms with Crippen molar-refractivity contribution in [2.24, 2.45) is 0 Å². The predicted molar refractivity (Wildman–Crippen MR) is 235 cm³/mol. The summed E-state index contributed by atoms with van der Waals surface area (Å²) in [5, 5.41) is 0. The van der Waals surface area contributed by atoms with E-state index in [0.717, 1.165) is 100 Å². The molecule has 0 bridgehead atoms. The van der Waals surface area contributed by atoms with Crippen molar-refractivity contribution < 1.29 is 19.2 Å². The van der Waals surface area contributed by atoms with Crippen molar-refractivity contribution in [3.8, 4) is 22.5 Å². The molecule has 0 amide bonds. The number of halogens is 2. The number of nitrogens with one attached hydrogen (secondary N) is 4. The second-order valence-electron chi connectivity index (χ2n) is 13.7. The molecule has 0 fully saturated rings. The van der Waals surface area contributed by atoms with E-state index in [2.05, 4.69) is 98.9 Å². The number of Topliss-reactive ketones (excluding diaryl/α,β-unsaturated/α-hetero) is 4. The van der Waals surface area contributed by atoms with Gasteiger partial charge in [-0.3, -0.25) is 19.2 Å². The molecule has 0 atom stereocenters. The maximum absolute atomic E-state index is 13.9. The van der Waals surface area contributed by atoms with Gasteiger partial charge in [-0.15, -0.1) is 0 Å². The van der Waals surface area contributed by atoms with E-state index in [0.29, 0.717) is 48.5 Å². The van der Waals surface area contributed by atoms with Crippen molar-refractivity contribution in [3.63, 3.8) is 0 Å². The van der Waals surface area contributed by atoms with Gasteiger partial charge in [0.2, 0.25) is 0 Å². The van der Waals surface area contributed by atoms with Gasteiger partial charge in [0.15, 0.2) is 23.1 Å². The molecule has 5 rings (SSSR count). The summed E-state index contributed by atoms with van der Waals surface area (Å²) in [6.45, 7) is 16.5. The number of carbonyl (C=O) groups is 4. The van der Waals surface area contributed by atoms with Crippen LogP contribution in [0.1, 0.15) is 155 Å². The minimum absolute atomic E-state index is 0.190. The van der Waals surface area contributed by atoms with Crippen LogP contribution in [0.2, 0.25) is 0 Å². The lowest BCUT2D eigenvalue weighted by molar-refractivity contribution is 0.0872. The molecule has 0 aliphatic rings. The first-order valence-electron chi connectivity index (χ1n) is 19.4. The maximum Gasteiger partial charge on any atom is 0.187 e. The third-order valence-corrected chi connectivity index (χ3v) is 12.6. The van der Waals surface area contributed by atoms with E-state index in [-0.39, 0.29) is 36.0 Å². The van der Waals surface area contributed by atoms with E-state index in [4.69, 9.17) is 0 Å². The summed E-state index contributed by atoms with van der Waals surface area (Å²) in [5.41, 5.74) is 13.9. The summed E-state index contributed by atoms with van der Waals surface area (Å²) in [5.74, 6) is -0.811. The largest absolute Gasteiger partial charge is 0.352 e. The average Bonchev–Trinajstić information content (AvgIpc) is 3.93. The van der Waals surface area contributed by atoms with E-state index in [1.807, 2.05) is 45.9 Å². The van der Waals surface area contributed by atoms with Crippen LogP contribution in [0.5, 0.6) is 0 Å². The number of hydrogen-bond acceptors (Lipinski definition) is 4. The number of aromatic nitrogens is 4. The van der Waals surface area contributed by atoms with Crippen molar-refractivity contribution in [2.45, 2.75) is 120 Å². The summed E-state index contributed by atoms with van der Waals surface area (Å²) in [6.07, 6.45) is 5.39. The third kappa shape index (κ3) is 7.79. The molecule has 0 saturated heterocycles. The number of ketones is 4. The molecule has 1 aromatic carbocycles. The van der Waals surface area contributed by atoms with E-state index >= 15 is 0 Å². The second kappa shape index (κ2) is 18.0. The number of H-pyrrole nitrogens is 4. The van der Waals surface area contributed by atoms with Gasteiger partial charge < -0.3 is 19.9 Å². The van der Waals surface area contributed by atoms with Gasteiger partial charge in [-0.2, -0.15) is 0 Å². The van der Waals surface area contributed by atoms with Crippen LogP contribution in [0.4, 0.5) is 0 Å². The van der Waals surface area contributed by atoms with Crippen molar-refractivity contribution in [1.82, 2.24) is 19.9 Å². The van der Waals surface area contributed by atoms with Crippen molar-refractivity contribution >= 4 is 68.3 Å². The molecule has 54 heavy (non-hydrogen) atoms. The number of rotatable bonds is 18. The van der Waals surface area contributed by atoms with Gasteiger partial charge in [0.25, 0.3) is 0 Å². The Morgan fingerprint density at radius 1 is 0.426 bits per heavy atom. The zero-order valence-electron chi connectivity index (χ0n) is 32.8. The number of hydrogen-bond donors (Lipinski definition) is 4. The first kappa shape index (κ1) is 41.6. The lowest BCUT2D eigenvalue weighted by Gasteiger charge is -2.08. The fourth-order valence-electron chi connectivity index (χ4n) is 8.24. The minimum atomic E-state index is -0.215. The highest BCUT2D eigenvalue weighted by atomic mass is 127. The highest BCUT2D eigenvalue weighted by Crippen LogP contribution is 2.36. The standard InChI is InChI=1S/C44H52I2N4O4/c1-9-25-27(11-3)39(33(51)21-35(53)41-29(13-5)31(15-7)43(45)49-41)47-37(25)23-18-17-19-24(20-23)38-26(10-2)28(12-4)40(48-38)34(52)22-36(54)42-30(14-6)32(16-8)44(46)50-42/h17-20,47-50H,9-16,21-22H2,1-8H3. The SMILES string of the molecule is CCc1c(I)[nH]c(C(=O)CC(=O)c2[nH]c(-c3cccc(-c4[nH]c(C(=O)CC(=O)c5[nH]c(I)c(CC)c5CC)c(CC)c4CC)c3)c(CC)c2CC)c1CC. The highest BCUT2D eigenvalue weighted by molar-refractivity contribution is 14.1. The first-order chi connectivity index (χ1) is 25.9. The number of benzene rings is 1. The predicted octanol–water partition coefficient (Wildman–Crippen LogP) is 11.0. The Labute approximate surface area is 346 Å². The summed E-state index contributed by atoms with van der Waals surface area (Å²) in [4.78, 5) is 68.4. The van der Waals surface area contributed by atoms with E-state index in [9.17, 15) is 19.2 Å². The Morgan fingerprint density at radius 3 is 1.00 bits per heavy atom. The van der Waals surface area contributed by atoms with Crippen LogP contribution in [0.25, 0.3) is 22.5 Å². The van der Waals surface area contributed by atoms with Crippen molar-refractivity contribution in [1.29, 1.82) is 0 Å². The zero-order chi connectivity index (χ0) is 39.4. The molecule has 0 aliphatic carbocycles. The van der Waals surface area contributed by atoms with Crippen LogP contribution in [0.15, 0.2) is 24.3 Å². The molecule has 0 aliphatic heterocycles. The number of carbonyl (C=O) groups excluding carboxylic acids is 4. The Hall–Kier alpha value is -3.52. The molecule has 10 heteroatoms. The topological polar surface area (TPSA) is 131 Å². The summed E-state index contributed by atoms with van der Waals surface area (Å²) < 4.78 is 1.91. The summed E-state index contributed by atoms with van der Waals surface area (Å²) in [7, 11) is 0. The van der Waals surface area contributed by atoms with Crippen molar-refractivity contribution in [3.05, 3.63) is 99.0 Å². The molecule has 4 N–H and O–H groups in total. The Bertz CT molecular complexity index is 2080. The fraction of sp³-hybridized carbons (Fsp3) is 0.409. The molecule has 5 aromatic rings. The molecule has 0 saturated carbocycles. The average molecular weight is 955 g/mol. The monoisotopic (exact) mass is 954 g/mol. The molecule has 0 spiro atoms. The van der Waals surface area contributed by atoms with Crippen LogP contribution in [-0.4, -0.2) is 43.1 Å². The van der Waals surface area contributed by atoms with Gasteiger partial charge in [-0.25, -0.2) is 0 Å². The van der Waals surface area contributed by atoms with Gasteiger partial charge in [-0.1, -0.05) is 73.6 Å². The summed E-state index contributed by atoms with van der Waals surface area (Å²) in [6, 6.07) is 8.14. The third-order valence-electron chi connectivity index (χ3n) is 10.8. The Kier molecular flexibility index (Phi) is 13.8. The quantitative estimate of drug-likeness (QED) is 0.0396. The molecular weight excluding hydrogens is 902 g/mol. The van der Waals surface area contributed by atoms with Gasteiger partial charge >= 0.3 is 0 Å². The normalized spacial score (nSPS) is 11.4. The lowest BCUT2D eigenvalue weighted by Crippen LogP contribution is -2.13. The lowest BCUT2D eigenvalue weighted by atomic mass is 9.95. The molecule has 4 heterocycles. The molecule has 4 aromatic heterocycles. The van der Waals surface area contributed by atoms with Gasteiger partial charge in [0.05, 0.1) is 43.0 Å². The zero-order valence-corrected chi connectivity index (χ0v) is 37.1. The van der Waals surface area contributed by atoms with Gasteiger partial charge in [-0.05, 0) is 158 Å². The van der Waals surface area contributed by atoms with Crippen molar-refractivity contribution in [2.75, 3.05) is 0 Å². The molecule has 286 valence electrons. The Morgan fingerprint density at radius 2 is 0.704 bits per heavy atom. The second-order valence-corrected chi connectivity index (χ2v) is 15.8. The smallest absolute Gasteiger partial charge is 0.187 e. The highest BCUT2D eigenvalue weighted by Gasteiger charge is 2.28. The van der Waals surface area contributed by atoms with Crippen LogP contribution in [0.3, 0.4) is 0 Å². The van der Waals surface area contributed by atoms with Gasteiger partial charge in [0, 0.05) is 11.4 Å². The van der Waals surface area contributed by atoms with Gasteiger partial charge in [0.1, 0.15) is 0 Å². The molecule has 0 unspecified atom stereocenters. The molecule has 8 nitrogen and oxygen atoms in total. The van der Waals surface area contributed by atoms with E-state index < -0.39 is 0 Å².